The molecule has 1 heterocycles. The Morgan fingerprint density at radius 2 is 2.17 bits per heavy atom. The van der Waals surface area contributed by atoms with E-state index >= 15 is 0 Å². The minimum Gasteiger partial charge on any atom is -0.472 e. The number of nitro groups is 1. The lowest BCUT2D eigenvalue weighted by Crippen LogP contribution is -2.22. The summed E-state index contributed by atoms with van der Waals surface area (Å²) in [6.07, 6.45) is 2.66. The summed E-state index contributed by atoms with van der Waals surface area (Å²) in [4.78, 5) is 28.2. The fraction of sp³-hybridized carbons (Fsp3) is 0.200. The Labute approximate surface area is 179 Å². The first-order valence-corrected chi connectivity index (χ1v) is 9.77. The summed E-state index contributed by atoms with van der Waals surface area (Å²) in [5.74, 6) is 0.483. The van der Waals surface area contributed by atoms with Gasteiger partial charge in [0.1, 0.15) is 11.9 Å². The van der Waals surface area contributed by atoms with Gasteiger partial charge < -0.3 is 4.74 Å². The van der Waals surface area contributed by atoms with Crippen LogP contribution in [-0.4, -0.2) is 27.4 Å². The second kappa shape index (κ2) is 9.28. The maximum absolute atomic E-state index is 13.0. The molecule has 152 valence electrons. The van der Waals surface area contributed by atoms with Crippen LogP contribution >= 0.6 is 15.9 Å². The average molecular weight is 470 g/mol. The fourth-order valence-corrected chi connectivity index (χ4v) is 3.17. The molecule has 3 aromatic rings. The van der Waals surface area contributed by atoms with E-state index in [4.69, 9.17) is 10.00 Å². The molecule has 30 heavy (non-hydrogen) atoms. The van der Waals surface area contributed by atoms with Gasteiger partial charge in [-0.2, -0.15) is 15.0 Å². The molecule has 2 aromatic carbocycles. The van der Waals surface area contributed by atoms with Crippen LogP contribution in [0.25, 0.3) is 10.9 Å². The molecular formula is C20H16BrN5O4. The van der Waals surface area contributed by atoms with Crippen LogP contribution in [0, 0.1) is 21.4 Å². The van der Waals surface area contributed by atoms with Crippen molar-refractivity contribution in [2.45, 2.75) is 19.8 Å². The van der Waals surface area contributed by atoms with Crippen LogP contribution < -0.4 is 10.3 Å². The molecular weight excluding hydrogens is 454 g/mol. The van der Waals surface area contributed by atoms with Crippen molar-refractivity contribution in [1.82, 2.24) is 9.66 Å². The van der Waals surface area contributed by atoms with E-state index in [1.165, 1.54) is 23.0 Å². The normalized spacial score (nSPS) is 11.0. The molecule has 0 radical (unpaired) electrons. The lowest BCUT2D eigenvalue weighted by molar-refractivity contribution is -0.385. The highest BCUT2D eigenvalue weighted by molar-refractivity contribution is 9.10. The van der Waals surface area contributed by atoms with Crippen LogP contribution in [0.2, 0.25) is 0 Å². The summed E-state index contributed by atoms with van der Waals surface area (Å²) < 4.78 is 7.04. The minimum absolute atomic E-state index is 0.0141. The number of fused-ring (bicyclic) bond motifs is 1. The Hall–Kier alpha value is -3.58. The predicted octanol–water partition coefficient (Wildman–Crippen LogP) is 3.80. The van der Waals surface area contributed by atoms with Gasteiger partial charge in [0.05, 0.1) is 22.0 Å². The van der Waals surface area contributed by atoms with E-state index in [0.29, 0.717) is 28.7 Å². The summed E-state index contributed by atoms with van der Waals surface area (Å²) in [5.41, 5.74) is 0.350. The monoisotopic (exact) mass is 469 g/mol. The van der Waals surface area contributed by atoms with Crippen molar-refractivity contribution in [2.75, 3.05) is 6.61 Å². The number of nitrogens with zero attached hydrogens (tertiary/aromatic N) is 5. The van der Waals surface area contributed by atoms with E-state index in [0.717, 1.165) is 10.9 Å². The molecule has 0 aliphatic carbocycles. The fourth-order valence-electron chi connectivity index (χ4n) is 2.81. The number of aryl methyl sites for hydroxylation is 1. The highest BCUT2D eigenvalue weighted by Crippen LogP contribution is 2.27. The SMILES string of the molecule is CCCc1nc2ccc(Br)cc2c(=O)n1N=Cc1ccc(OCC#N)c([N+](=O)[O-])c1. The molecule has 9 nitrogen and oxygen atoms in total. The van der Waals surface area contributed by atoms with Gasteiger partial charge in [-0.15, -0.1) is 0 Å². The topological polar surface area (TPSA) is 123 Å². The largest absolute Gasteiger partial charge is 0.472 e. The van der Waals surface area contributed by atoms with E-state index in [1.807, 2.05) is 13.0 Å². The van der Waals surface area contributed by atoms with Gasteiger partial charge in [0, 0.05) is 22.5 Å². The third-order valence-corrected chi connectivity index (χ3v) is 4.64. The van der Waals surface area contributed by atoms with Crippen molar-refractivity contribution in [2.24, 2.45) is 5.10 Å². The molecule has 0 saturated carbocycles. The maximum Gasteiger partial charge on any atom is 0.311 e. The minimum atomic E-state index is -0.603. The van der Waals surface area contributed by atoms with Gasteiger partial charge in [-0.05, 0) is 36.8 Å². The lowest BCUT2D eigenvalue weighted by atomic mass is 10.2. The number of halogens is 1. The summed E-state index contributed by atoms with van der Waals surface area (Å²) in [7, 11) is 0. The number of benzene rings is 2. The number of rotatable bonds is 7. The lowest BCUT2D eigenvalue weighted by Gasteiger charge is -2.09. The van der Waals surface area contributed by atoms with Gasteiger partial charge >= 0.3 is 5.69 Å². The van der Waals surface area contributed by atoms with Crippen molar-refractivity contribution in [3.63, 3.8) is 0 Å². The molecule has 0 saturated heterocycles. The maximum atomic E-state index is 13.0. The van der Waals surface area contributed by atoms with E-state index in [2.05, 4.69) is 26.0 Å². The van der Waals surface area contributed by atoms with Gasteiger partial charge in [0.15, 0.2) is 12.4 Å². The summed E-state index contributed by atoms with van der Waals surface area (Å²) in [6.45, 7) is 1.66. The number of nitro benzene ring substituents is 1. The number of aromatic nitrogens is 2. The third-order valence-electron chi connectivity index (χ3n) is 4.14. The van der Waals surface area contributed by atoms with Gasteiger partial charge in [-0.25, -0.2) is 4.98 Å². The molecule has 0 aliphatic rings. The number of hydrogen-bond acceptors (Lipinski definition) is 7. The first kappa shape index (κ1) is 21.1. The predicted molar refractivity (Wildman–Crippen MR) is 115 cm³/mol. The quantitative estimate of drug-likeness (QED) is 0.294. The molecule has 10 heteroatoms. The molecule has 1 aromatic heterocycles. The molecule has 0 atom stereocenters. The van der Waals surface area contributed by atoms with Crippen LogP contribution in [0.4, 0.5) is 5.69 Å². The van der Waals surface area contributed by atoms with Gasteiger partial charge in [0.25, 0.3) is 5.56 Å². The highest BCUT2D eigenvalue weighted by Gasteiger charge is 2.16. The molecule has 0 amide bonds. The smallest absolute Gasteiger partial charge is 0.311 e. The number of nitriles is 1. The van der Waals surface area contributed by atoms with E-state index in [9.17, 15) is 14.9 Å². The van der Waals surface area contributed by atoms with Crippen LogP contribution in [0.15, 0.2) is 50.8 Å². The second-order valence-corrected chi connectivity index (χ2v) is 7.15. The zero-order chi connectivity index (χ0) is 21.7. The average Bonchev–Trinajstić information content (AvgIpc) is 2.73. The number of ether oxygens (including phenoxy) is 1. The van der Waals surface area contributed by atoms with E-state index in [-0.39, 0.29) is 23.6 Å². The van der Waals surface area contributed by atoms with Crippen molar-refractivity contribution in [1.29, 1.82) is 5.26 Å². The Kier molecular flexibility index (Phi) is 6.54. The van der Waals surface area contributed by atoms with E-state index in [1.54, 1.807) is 24.3 Å². The zero-order valence-electron chi connectivity index (χ0n) is 15.9. The standard InChI is InChI=1S/C20H16BrN5O4/c1-2-3-19-24-16-6-5-14(21)11-15(16)20(27)25(19)23-12-13-4-7-18(30-9-8-22)17(10-13)26(28)29/h4-7,10-12H,2-3,9H2,1H3. The first-order valence-electron chi connectivity index (χ1n) is 8.98. The van der Waals surface area contributed by atoms with Gasteiger partial charge in [-0.3, -0.25) is 14.9 Å². The molecule has 0 spiro atoms. The second-order valence-electron chi connectivity index (χ2n) is 6.23. The molecule has 0 unspecified atom stereocenters. The molecule has 0 bridgehead atoms. The van der Waals surface area contributed by atoms with Crippen LogP contribution in [-0.2, 0) is 6.42 Å². The van der Waals surface area contributed by atoms with Gasteiger partial charge in [0.2, 0.25) is 0 Å². The highest BCUT2D eigenvalue weighted by atomic mass is 79.9. The Morgan fingerprint density at radius 3 is 2.87 bits per heavy atom. The zero-order valence-corrected chi connectivity index (χ0v) is 17.5. The third kappa shape index (κ3) is 4.52. The first-order chi connectivity index (χ1) is 14.4. The molecule has 0 fully saturated rings. The molecule has 3 rings (SSSR count). The van der Waals surface area contributed by atoms with Crippen LogP contribution in [0.5, 0.6) is 5.75 Å². The van der Waals surface area contributed by atoms with Crippen molar-refractivity contribution in [3.8, 4) is 11.8 Å². The van der Waals surface area contributed by atoms with Crippen LogP contribution in [0.1, 0.15) is 24.7 Å². The summed E-state index contributed by atoms with van der Waals surface area (Å²) in [6, 6.07) is 11.2. The summed E-state index contributed by atoms with van der Waals surface area (Å²) in [5, 5.41) is 24.6. The van der Waals surface area contributed by atoms with Gasteiger partial charge in [-0.1, -0.05) is 22.9 Å². The Bertz CT molecular complexity index is 1250. The van der Waals surface area contributed by atoms with Crippen LogP contribution in [0.3, 0.4) is 0 Å². The molecule has 0 aliphatic heterocycles. The molecule has 0 N–H and O–H groups in total. The van der Waals surface area contributed by atoms with Crippen molar-refractivity contribution >= 4 is 38.7 Å². The summed E-state index contributed by atoms with van der Waals surface area (Å²) >= 11 is 3.35. The number of hydrogen-bond donors (Lipinski definition) is 0. The van der Waals surface area contributed by atoms with Crippen molar-refractivity contribution < 1.29 is 9.66 Å². The van der Waals surface area contributed by atoms with E-state index < -0.39 is 4.92 Å². The Balaban J connectivity index is 2.07. The Morgan fingerprint density at radius 1 is 1.37 bits per heavy atom. The van der Waals surface area contributed by atoms with Crippen molar-refractivity contribution in [3.05, 3.63) is 72.7 Å².